The molecule has 0 aromatic rings. The van der Waals surface area contributed by atoms with Gasteiger partial charge in [0.1, 0.15) is 13.2 Å². The molecule has 0 atom stereocenters. The van der Waals surface area contributed by atoms with Gasteiger partial charge in [-0.2, -0.15) is 0 Å². The van der Waals surface area contributed by atoms with Gasteiger partial charge in [-0.25, -0.2) is 0 Å². The molecule has 2 aliphatic heterocycles. The summed E-state index contributed by atoms with van der Waals surface area (Å²) < 4.78 is 12.7. The van der Waals surface area contributed by atoms with Crippen molar-refractivity contribution < 1.29 is 24.2 Å². The lowest BCUT2D eigenvalue weighted by Crippen LogP contribution is -2.52. The lowest BCUT2D eigenvalue weighted by Gasteiger charge is -2.48. The SMILES string of the molecule is CCCCCCCCC(CCCCCCCC)C(=O)OCC(COC(=O)C(CCCCCCCC)CCCCCCCC)N1CCC2(CCN(CCCCO)CC2)CC1. The number of hydrogen-bond donors (Lipinski definition) is 1. The van der Waals surface area contributed by atoms with Crippen LogP contribution in [0.2, 0.25) is 0 Å². The van der Waals surface area contributed by atoms with Crippen molar-refractivity contribution >= 4 is 11.9 Å². The molecule has 2 saturated heterocycles. The molecule has 2 heterocycles. The molecule has 1 N–H and O–H groups in total. The Hall–Kier alpha value is -1.18. The summed E-state index contributed by atoms with van der Waals surface area (Å²) in [7, 11) is 0. The number of aliphatic hydroxyl groups is 1. The standard InChI is InChI=1S/C52H100N2O5/c1-5-9-13-17-21-25-31-47(32-26-22-18-14-10-6-2)50(56)58-45-49(54-42-37-52(38-43-54)35-40-53(41-36-52)39-29-30-44-55)46-59-51(57)48(33-27-23-19-15-11-7-3)34-28-24-20-16-12-8-4/h47-49,55H,5-46H2,1-4H3. The third-order valence-electron chi connectivity index (χ3n) is 14.3. The third-order valence-corrected chi connectivity index (χ3v) is 14.3. The summed E-state index contributed by atoms with van der Waals surface area (Å²) >= 11 is 0. The van der Waals surface area contributed by atoms with E-state index < -0.39 is 0 Å². The van der Waals surface area contributed by atoms with Gasteiger partial charge in [0, 0.05) is 6.61 Å². The molecule has 0 aliphatic carbocycles. The first-order valence-corrected chi connectivity index (χ1v) is 26.3. The predicted molar refractivity (Wildman–Crippen MR) is 250 cm³/mol. The Labute approximate surface area is 366 Å². The van der Waals surface area contributed by atoms with Crippen molar-refractivity contribution in [2.24, 2.45) is 17.3 Å². The van der Waals surface area contributed by atoms with E-state index in [1.165, 1.54) is 141 Å². The first-order valence-electron chi connectivity index (χ1n) is 26.3. The summed E-state index contributed by atoms with van der Waals surface area (Å²) in [5.74, 6) is -0.0902. The van der Waals surface area contributed by atoms with Gasteiger partial charge in [0.05, 0.1) is 17.9 Å². The Morgan fingerprint density at radius 3 is 1.17 bits per heavy atom. The maximum atomic E-state index is 13.9. The maximum absolute atomic E-state index is 13.9. The molecule has 0 saturated carbocycles. The molecule has 0 bridgehead atoms. The number of hydrogen-bond acceptors (Lipinski definition) is 7. The van der Waals surface area contributed by atoms with Crippen molar-refractivity contribution in [2.45, 2.75) is 252 Å². The smallest absolute Gasteiger partial charge is 0.308 e. The Balaban J connectivity index is 2.09. The van der Waals surface area contributed by atoms with Crippen molar-refractivity contribution in [1.29, 1.82) is 0 Å². The highest BCUT2D eigenvalue weighted by molar-refractivity contribution is 5.73. The van der Waals surface area contributed by atoms with Crippen LogP contribution in [0.4, 0.5) is 0 Å². The monoisotopic (exact) mass is 833 g/mol. The average Bonchev–Trinajstić information content (AvgIpc) is 3.25. The van der Waals surface area contributed by atoms with Gasteiger partial charge in [-0.15, -0.1) is 0 Å². The summed E-state index contributed by atoms with van der Waals surface area (Å²) in [5.41, 5.74) is 0.389. The maximum Gasteiger partial charge on any atom is 0.308 e. The topological polar surface area (TPSA) is 79.3 Å². The molecule has 1 spiro atoms. The number of nitrogens with zero attached hydrogens (tertiary/aromatic N) is 2. The van der Waals surface area contributed by atoms with Gasteiger partial charge >= 0.3 is 11.9 Å². The number of esters is 2. The van der Waals surface area contributed by atoms with Gasteiger partial charge in [0.15, 0.2) is 0 Å². The minimum Gasteiger partial charge on any atom is -0.464 e. The van der Waals surface area contributed by atoms with Crippen LogP contribution in [-0.2, 0) is 19.1 Å². The molecule has 348 valence electrons. The number of piperidine rings is 2. The summed E-state index contributed by atoms with van der Waals surface area (Å²) in [6.07, 6.45) is 40.2. The number of aliphatic hydroxyl groups excluding tert-OH is 1. The van der Waals surface area contributed by atoms with Gasteiger partial charge in [-0.3, -0.25) is 14.5 Å². The predicted octanol–water partition coefficient (Wildman–Crippen LogP) is 13.6. The van der Waals surface area contributed by atoms with E-state index in [4.69, 9.17) is 9.47 Å². The van der Waals surface area contributed by atoms with Crippen LogP contribution < -0.4 is 0 Å². The summed E-state index contributed by atoms with van der Waals surface area (Å²) in [4.78, 5) is 33.0. The van der Waals surface area contributed by atoms with Crippen LogP contribution >= 0.6 is 0 Å². The van der Waals surface area contributed by atoms with Crippen LogP contribution in [0.1, 0.15) is 246 Å². The second-order valence-corrected chi connectivity index (χ2v) is 19.3. The highest BCUT2D eigenvalue weighted by Gasteiger charge is 2.39. The molecular weight excluding hydrogens is 733 g/mol. The van der Waals surface area contributed by atoms with Crippen molar-refractivity contribution in [3.8, 4) is 0 Å². The molecule has 7 nitrogen and oxygen atoms in total. The quantitative estimate of drug-likeness (QED) is 0.0488. The first-order chi connectivity index (χ1) is 28.9. The fraction of sp³-hybridized carbons (Fsp3) is 0.962. The van der Waals surface area contributed by atoms with E-state index in [9.17, 15) is 14.7 Å². The van der Waals surface area contributed by atoms with Crippen molar-refractivity contribution in [3.63, 3.8) is 0 Å². The molecule has 0 amide bonds. The average molecular weight is 833 g/mol. The van der Waals surface area contributed by atoms with Crippen LogP contribution in [0, 0.1) is 17.3 Å². The van der Waals surface area contributed by atoms with Gasteiger partial charge in [0.2, 0.25) is 0 Å². The van der Waals surface area contributed by atoms with Crippen LogP contribution in [0.3, 0.4) is 0 Å². The highest BCUT2D eigenvalue weighted by atomic mass is 16.5. The Kier molecular flexibility index (Phi) is 33.2. The molecule has 0 radical (unpaired) electrons. The molecule has 0 aromatic heterocycles. The molecule has 2 rings (SSSR count). The van der Waals surface area contributed by atoms with E-state index in [0.717, 1.165) is 110 Å². The lowest BCUT2D eigenvalue weighted by molar-refractivity contribution is -0.156. The summed E-state index contributed by atoms with van der Waals surface area (Å²) in [5, 5.41) is 9.25. The first kappa shape index (κ1) is 54.0. The molecule has 59 heavy (non-hydrogen) atoms. The van der Waals surface area contributed by atoms with E-state index in [0.29, 0.717) is 18.6 Å². The normalized spacial score (nSPS) is 16.2. The number of rotatable bonds is 39. The zero-order valence-corrected chi connectivity index (χ0v) is 39.9. The van der Waals surface area contributed by atoms with Gasteiger partial charge in [-0.05, 0) is 102 Å². The van der Waals surface area contributed by atoms with Crippen LogP contribution in [0.5, 0.6) is 0 Å². The van der Waals surface area contributed by atoms with E-state index in [-0.39, 0.29) is 36.4 Å². The highest BCUT2D eigenvalue weighted by Crippen LogP contribution is 2.42. The largest absolute Gasteiger partial charge is 0.464 e. The zero-order chi connectivity index (χ0) is 42.7. The fourth-order valence-electron chi connectivity index (χ4n) is 9.86. The van der Waals surface area contributed by atoms with Crippen molar-refractivity contribution in [2.75, 3.05) is 52.5 Å². The number of unbranched alkanes of at least 4 members (excludes halogenated alkanes) is 21. The number of ether oxygens (including phenoxy) is 2. The molecule has 2 aliphatic rings. The lowest BCUT2D eigenvalue weighted by atomic mass is 9.71. The second kappa shape index (κ2) is 36.3. The molecule has 0 aromatic carbocycles. The Bertz CT molecular complexity index is 890. The van der Waals surface area contributed by atoms with E-state index in [2.05, 4.69) is 37.5 Å². The second-order valence-electron chi connectivity index (χ2n) is 19.3. The zero-order valence-electron chi connectivity index (χ0n) is 39.9. The molecule has 2 fully saturated rings. The Morgan fingerprint density at radius 2 is 0.814 bits per heavy atom. The number of likely N-dealkylation sites (tertiary alicyclic amines) is 2. The number of carbonyl (C=O) groups is 2. The van der Waals surface area contributed by atoms with Crippen LogP contribution in [0.15, 0.2) is 0 Å². The van der Waals surface area contributed by atoms with E-state index in [1.54, 1.807) is 0 Å². The number of carbonyl (C=O) groups excluding carboxylic acids is 2. The van der Waals surface area contributed by atoms with Crippen LogP contribution in [-0.4, -0.2) is 85.4 Å². The van der Waals surface area contributed by atoms with Crippen LogP contribution in [0.25, 0.3) is 0 Å². The molecular formula is C52H100N2O5. The molecule has 7 heteroatoms. The fourth-order valence-corrected chi connectivity index (χ4v) is 9.86. The van der Waals surface area contributed by atoms with Gasteiger partial charge < -0.3 is 19.5 Å². The van der Waals surface area contributed by atoms with E-state index in [1.807, 2.05) is 0 Å². The Morgan fingerprint density at radius 1 is 0.475 bits per heavy atom. The van der Waals surface area contributed by atoms with Gasteiger partial charge in [-0.1, -0.05) is 182 Å². The third kappa shape index (κ3) is 25.5. The van der Waals surface area contributed by atoms with Crippen molar-refractivity contribution in [3.05, 3.63) is 0 Å². The minimum atomic E-state index is -0.0914. The van der Waals surface area contributed by atoms with E-state index >= 15 is 0 Å². The summed E-state index contributed by atoms with van der Waals surface area (Å²) in [6.45, 7) is 15.3. The van der Waals surface area contributed by atoms with Crippen molar-refractivity contribution in [1.82, 2.24) is 9.80 Å². The van der Waals surface area contributed by atoms with Gasteiger partial charge in [0.25, 0.3) is 0 Å². The molecule has 0 unspecified atom stereocenters. The summed E-state index contributed by atoms with van der Waals surface area (Å²) in [6, 6.07) is -0.0914. The minimum absolute atomic E-state index is 0.0190.